The highest BCUT2D eigenvalue weighted by Crippen LogP contribution is 2.30. The number of pyridine rings is 1. The molecule has 0 aliphatic carbocycles. The monoisotopic (exact) mass is 348 g/mol. The van der Waals surface area contributed by atoms with Crippen LogP contribution in [0.25, 0.3) is 22.5 Å². The van der Waals surface area contributed by atoms with Crippen LogP contribution in [0.4, 0.5) is 4.79 Å². The van der Waals surface area contributed by atoms with Crippen molar-refractivity contribution in [3.63, 3.8) is 0 Å². The fourth-order valence-corrected chi connectivity index (χ4v) is 3.19. The summed E-state index contributed by atoms with van der Waals surface area (Å²) in [5, 5.41) is 0. The summed E-state index contributed by atoms with van der Waals surface area (Å²) in [5.41, 5.74) is 3.99. The Hall–Kier alpha value is -3.15. The van der Waals surface area contributed by atoms with E-state index in [-0.39, 0.29) is 6.09 Å². The van der Waals surface area contributed by atoms with E-state index in [1.807, 2.05) is 42.9 Å². The van der Waals surface area contributed by atoms with E-state index in [0.717, 1.165) is 35.5 Å². The minimum atomic E-state index is -0.234. The van der Waals surface area contributed by atoms with Crippen molar-refractivity contribution in [1.82, 2.24) is 19.4 Å². The average Bonchev–Trinajstić information content (AvgIpc) is 3.13. The average molecular weight is 348 g/mol. The fourth-order valence-electron chi connectivity index (χ4n) is 3.19. The van der Waals surface area contributed by atoms with Crippen molar-refractivity contribution in [2.45, 2.75) is 13.0 Å². The van der Waals surface area contributed by atoms with E-state index < -0.39 is 0 Å². The van der Waals surface area contributed by atoms with Crippen LogP contribution in [-0.4, -0.2) is 45.2 Å². The largest absolute Gasteiger partial charge is 0.449 e. The van der Waals surface area contributed by atoms with E-state index in [1.165, 1.54) is 0 Å². The lowest BCUT2D eigenvalue weighted by atomic mass is 10.1. The predicted octanol–water partition coefficient (Wildman–Crippen LogP) is 3.45. The summed E-state index contributed by atoms with van der Waals surface area (Å²) in [6.07, 6.45) is 6.08. The van der Waals surface area contributed by atoms with Crippen molar-refractivity contribution < 1.29 is 9.53 Å². The van der Waals surface area contributed by atoms with Gasteiger partial charge in [-0.1, -0.05) is 30.3 Å². The molecule has 0 N–H and O–H groups in total. The summed E-state index contributed by atoms with van der Waals surface area (Å²) in [5.74, 6) is 0. The maximum absolute atomic E-state index is 11.9. The SMILES string of the molecule is O=C1OCCCN1CCn1cnc(-c2ccccc2)c1-c1cccnc1. The second-order valence-corrected chi connectivity index (χ2v) is 6.20. The molecule has 3 aromatic rings. The first-order valence-corrected chi connectivity index (χ1v) is 8.75. The number of imidazole rings is 1. The van der Waals surface area contributed by atoms with E-state index in [2.05, 4.69) is 26.7 Å². The zero-order valence-corrected chi connectivity index (χ0v) is 14.4. The van der Waals surface area contributed by atoms with E-state index in [0.29, 0.717) is 19.7 Å². The van der Waals surface area contributed by atoms with E-state index in [1.54, 1.807) is 11.1 Å². The van der Waals surface area contributed by atoms with Crippen LogP contribution < -0.4 is 0 Å². The third-order valence-electron chi connectivity index (χ3n) is 4.49. The first-order chi connectivity index (χ1) is 12.8. The summed E-state index contributed by atoms with van der Waals surface area (Å²) >= 11 is 0. The number of aromatic nitrogens is 3. The first kappa shape index (κ1) is 16.3. The van der Waals surface area contributed by atoms with Gasteiger partial charge in [0.15, 0.2) is 0 Å². The third-order valence-corrected chi connectivity index (χ3v) is 4.49. The van der Waals surface area contributed by atoms with Crippen LogP contribution in [0.2, 0.25) is 0 Å². The third kappa shape index (κ3) is 3.31. The number of carbonyl (C=O) groups is 1. The van der Waals surface area contributed by atoms with Crippen molar-refractivity contribution in [1.29, 1.82) is 0 Å². The number of nitrogens with zero attached hydrogens (tertiary/aromatic N) is 4. The molecule has 4 rings (SSSR count). The van der Waals surface area contributed by atoms with Gasteiger partial charge in [0.25, 0.3) is 0 Å². The van der Waals surface area contributed by atoms with Gasteiger partial charge < -0.3 is 14.2 Å². The molecule has 0 spiro atoms. The summed E-state index contributed by atoms with van der Waals surface area (Å²) in [4.78, 5) is 22.5. The normalized spacial score (nSPS) is 14.3. The molecule has 6 heteroatoms. The number of amides is 1. The molecule has 1 aliphatic heterocycles. The second-order valence-electron chi connectivity index (χ2n) is 6.20. The highest BCUT2D eigenvalue weighted by atomic mass is 16.6. The van der Waals surface area contributed by atoms with Crippen LogP contribution in [0.15, 0.2) is 61.2 Å². The number of carbonyl (C=O) groups excluding carboxylic acids is 1. The van der Waals surface area contributed by atoms with E-state index in [4.69, 9.17) is 4.74 Å². The van der Waals surface area contributed by atoms with Crippen molar-refractivity contribution in [3.05, 3.63) is 61.2 Å². The number of hydrogen-bond donors (Lipinski definition) is 0. The lowest BCUT2D eigenvalue weighted by Gasteiger charge is -2.26. The molecular formula is C20H20N4O2. The van der Waals surface area contributed by atoms with Gasteiger partial charge in [-0.25, -0.2) is 9.78 Å². The lowest BCUT2D eigenvalue weighted by molar-refractivity contribution is 0.0716. The molecule has 1 amide bonds. The zero-order chi connectivity index (χ0) is 17.8. The quantitative estimate of drug-likeness (QED) is 0.708. The molecule has 1 saturated heterocycles. The Kier molecular flexibility index (Phi) is 4.64. The van der Waals surface area contributed by atoms with Crippen molar-refractivity contribution in [3.8, 4) is 22.5 Å². The van der Waals surface area contributed by atoms with Crippen molar-refractivity contribution in [2.24, 2.45) is 0 Å². The molecule has 6 nitrogen and oxygen atoms in total. The molecule has 132 valence electrons. The second kappa shape index (κ2) is 7.39. The maximum Gasteiger partial charge on any atom is 0.409 e. The maximum atomic E-state index is 11.9. The predicted molar refractivity (Wildman–Crippen MR) is 98.4 cm³/mol. The molecule has 3 heterocycles. The molecular weight excluding hydrogens is 328 g/mol. The molecule has 26 heavy (non-hydrogen) atoms. The lowest BCUT2D eigenvalue weighted by Crippen LogP contribution is -2.39. The molecule has 0 unspecified atom stereocenters. The van der Waals surface area contributed by atoms with Crippen molar-refractivity contribution >= 4 is 6.09 Å². The Bertz CT molecular complexity index is 877. The molecule has 1 aromatic carbocycles. The van der Waals surface area contributed by atoms with E-state index in [9.17, 15) is 4.79 Å². The van der Waals surface area contributed by atoms with Crippen LogP contribution in [0.3, 0.4) is 0 Å². The number of ether oxygens (including phenoxy) is 1. The Morgan fingerprint density at radius 1 is 1.04 bits per heavy atom. The Morgan fingerprint density at radius 3 is 2.65 bits per heavy atom. The summed E-state index contributed by atoms with van der Waals surface area (Å²) in [7, 11) is 0. The molecule has 0 radical (unpaired) electrons. The Balaban J connectivity index is 1.66. The topological polar surface area (TPSA) is 60.2 Å². The fraction of sp³-hybridized carbons (Fsp3) is 0.250. The van der Waals surface area contributed by atoms with Gasteiger partial charge in [0, 0.05) is 43.2 Å². The van der Waals surface area contributed by atoms with Crippen LogP contribution in [0.5, 0.6) is 0 Å². The van der Waals surface area contributed by atoms with Crippen LogP contribution >= 0.6 is 0 Å². The van der Waals surface area contributed by atoms with Gasteiger partial charge in [0.2, 0.25) is 0 Å². The number of hydrogen-bond acceptors (Lipinski definition) is 4. The van der Waals surface area contributed by atoms with E-state index >= 15 is 0 Å². The van der Waals surface area contributed by atoms with Gasteiger partial charge in [0.1, 0.15) is 0 Å². The molecule has 0 atom stereocenters. The summed E-state index contributed by atoms with van der Waals surface area (Å²) in [6.45, 7) is 2.50. The summed E-state index contributed by atoms with van der Waals surface area (Å²) in [6, 6.07) is 14.1. The molecule has 0 saturated carbocycles. The molecule has 0 bridgehead atoms. The summed E-state index contributed by atoms with van der Waals surface area (Å²) < 4.78 is 7.20. The van der Waals surface area contributed by atoms with Gasteiger partial charge in [-0.2, -0.15) is 0 Å². The highest BCUT2D eigenvalue weighted by Gasteiger charge is 2.21. The number of benzene rings is 1. The zero-order valence-electron chi connectivity index (χ0n) is 14.4. The van der Waals surface area contributed by atoms with Gasteiger partial charge in [-0.05, 0) is 18.6 Å². The standard InChI is InChI=1S/C20H20N4O2/c25-20-23(10-5-13-26-20)11-12-24-15-22-18(16-6-2-1-3-7-16)19(24)17-8-4-9-21-14-17/h1-4,6-9,14-15H,5,10-13H2. The van der Waals surface area contributed by atoms with Gasteiger partial charge in [0.05, 0.1) is 24.3 Å². The smallest absolute Gasteiger partial charge is 0.409 e. The first-order valence-electron chi connectivity index (χ1n) is 8.75. The number of cyclic esters (lactones) is 1. The number of rotatable bonds is 5. The molecule has 1 aliphatic rings. The van der Waals surface area contributed by atoms with Gasteiger partial charge in [-0.3, -0.25) is 4.98 Å². The van der Waals surface area contributed by atoms with Crippen LogP contribution in [0.1, 0.15) is 6.42 Å². The minimum absolute atomic E-state index is 0.234. The van der Waals surface area contributed by atoms with Crippen LogP contribution in [0, 0.1) is 0 Å². The minimum Gasteiger partial charge on any atom is -0.449 e. The Labute approximate surface area is 152 Å². The van der Waals surface area contributed by atoms with Gasteiger partial charge >= 0.3 is 6.09 Å². The highest BCUT2D eigenvalue weighted by molar-refractivity contribution is 5.78. The molecule has 2 aromatic heterocycles. The van der Waals surface area contributed by atoms with Crippen molar-refractivity contribution in [2.75, 3.05) is 19.7 Å². The Morgan fingerprint density at radius 2 is 1.88 bits per heavy atom. The van der Waals surface area contributed by atoms with Gasteiger partial charge in [-0.15, -0.1) is 0 Å². The van der Waals surface area contributed by atoms with Crippen LogP contribution in [-0.2, 0) is 11.3 Å². The molecule has 1 fully saturated rings.